The Balaban J connectivity index is 1.44. The van der Waals surface area contributed by atoms with E-state index in [0.29, 0.717) is 5.75 Å². The molecule has 5 nitrogen and oxygen atoms in total. The molecule has 0 radical (unpaired) electrons. The summed E-state index contributed by atoms with van der Waals surface area (Å²) >= 11 is 0. The molecule has 122 valence electrons. The minimum atomic E-state index is 0.0734. The average molecular weight is 306 g/mol. The largest absolute Gasteiger partial charge is 0.508 e. The lowest BCUT2D eigenvalue weighted by Gasteiger charge is -2.34. The van der Waals surface area contributed by atoms with Gasteiger partial charge in [-0.2, -0.15) is 0 Å². The van der Waals surface area contributed by atoms with Gasteiger partial charge in [0.15, 0.2) is 0 Å². The molecule has 22 heavy (non-hydrogen) atoms. The van der Waals surface area contributed by atoms with Crippen LogP contribution in [0.5, 0.6) is 5.75 Å². The number of morpholine rings is 2. The van der Waals surface area contributed by atoms with Gasteiger partial charge in [0.1, 0.15) is 5.75 Å². The van der Waals surface area contributed by atoms with Crippen molar-refractivity contribution in [1.29, 1.82) is 0 Å². The van der Waals surface area contributed by atoms with E-state index in [2.05, 4.69) is 9.80 Å². The van der Waals surface area contributed by atoms with Crippen LogP contribution in [0.3, 0.4) is 0 Å². The Morgan fingerprint density at radius 2 is 1.82 bits per heavy atom. The van der Waals surface area contributed by atoms with Crippen molar-refractivity contribution in [2.24, 2.45) is 0 Å². The number of ether oxygens (including phenoxy) is 2. The normalized spacial score (nSPS) is 24.5. The Hall–Kier alpha value is -1.14. The van der Waals surface area contributed by atoms with E-state index >= 15 is 0 Å². The van der Waals surface area contributed by atoms with Gasteiger partial charge in [-0.15, -0.1) is 0 Å². The number of phenols is 1. The summed E-state index contributed by atoms with van der Waals surface area (Å²) < 4.78 is 11.2. The lowest BCUT2D eigenvalue weighted by Crippen LogP contribution is -2.41. The number of hydrogen-bond acceptors (Lipinski definition) is 5. The smallest absolute Gasteiger partial charge is 0.115 e. The van der Waals surface area contributed by atoms with Crippen molar-refractivity contribution in [1.82, 2.24) is 9.80 Å². The highest BCUT2D eigenvalue weighted by Gasteiger charge is 2.22. The number of benzene rings is 1. The summed E-state index contributed by atoms with van der Waals surface area (Å²) in [5.41, 5.74) is 1.07. The maximum absolute atomic E-state index is 9.61. The highest BCUT2D eigenvalue weighted by atomic mass is 16.5. The Morgan fingerprint density at radius 1 is 1.05 bits per heavy atom. The molecule has 0 aliphatic carbocycles. The Morgan fingerprint density at radius 3 is 2.64 bits per heavy atom. The molecule has 0 bridgehead atoms. The summed E-state index contributed by atoms with van der Waals surface area (Å²) in [7, 11) is 0. The van der Waals surface area contributed by atoms with Crippen molar-refractivity contribution >= 4 is 0 Å². The van der Waals surface area contributed by atoms with Gasteiger partial charge in [-0.1, -0.05) is 12.1 Å². The number of rotatable bonds is 5. The summed E-state index contributed by atoms with van der Waals surface area (Å²) in [5.74, 6) is 0.311. The number of nitrogens with zero attached hydrogens (tertiary/aromatic N) is 2. The quantitative estimate of drug-likeness (QED) is 0.893. The number of aromatic hydroxyl groups is 1. The second kappa shape index (κ2) is 7.92. The maximum atomic E-state index is 9.61. The number of hydrogen-bond donors (Lipinski definition) is 1. The first-order valence-corrected chi connectivity index (χ1v) is 8.24. The topological polar surface area (TPSA) is 45.2 Å². The fourth-order valence-corrected chi connectivity index (χ4v) is 3.18. The van der Waals surface area contributed by atoms with E-state index in [-0.39, 0.29) is 6.10 Å². The van der Waals surface area contributed by atoms with Crippen LogP contribution in [-0.4, -0.2) is 74.0 Å². The first kappa shape index (κ1) is 15.7. The minimum absolute atomic E-state index is 0.0734. The molecule has 2 aliphatic rings. The lowest BCUT2D eigenvalue weighted by atomic mass is 10.1. The fraction of sp³-hybridized carbons (Fsp3) is 0.647. The fourth-order valence-electron chi connectivity index (χ4n) is 3.18. The van der Waals surface area contributed by atoms with Gasteiger partial charge in [-0.05, 0) is 37.2 Å². The molecule has 5 heteroatoms. The van der Waals surface area contributed by atoms with Crippen LogP contribution in [0.1, 0.15) is 18.1 Å². The molecule has 0 spiro atoms. The minimum Gasteiger partial charge on any atom is -0.508 e. The molecule has 2 fully saturated rings. The van der Waals surface area contributed by atoms with E-state index in [1.807, 2.05) is 18.2 Å². The molecule has 1 atom stereocenters. The molecule has 2 aliphatic heterocycles. The van der Waals surface area contributed by atoms with E-state index < -0.39 is 0 Å². The molecule has 0 amide bonds. The van der Waals surface area contributed by atoms with E-state index in [1.165, 1.54) is 6.42 Å². The predicted octanol–water partition coefficient (Wildman–Crippen LogP) is 1.49. The van der Waals surface area contributed by atoms with E-state index in [9.17, 15) is 5.11 Å². The monoisotopic (exact) mass is 306 g/mol. The van der Waals surface area contributed by atoms with Gasteiger partial charge < -0.3 is 14.6 Å². The Bertz CT molecular complexity index is 463. The first-order chi connectivity index (χ1) is 10.8. The van der Waals surface area contributed by atoms with Crippen LogP contribution in [-0.2, 0) is 9.47 Å². The van der Waals surface area contributed by atoms with E-state index in [4.69, 9.17) is 9.47 Å². The summed E-state index contributed by atoms with van der Waals surface area (Å²) in [6.45, 7) is 8.80. The zero-order valence-corrected chi connectivity index (χ0v) is 13.1. The SMILES string of the molecule is Oc1cccc(C2CN(CCCN3CCOCC3)CCO2)c1. The second-order valence-electron chi connectivity index (χ2n) is 6.06. The van der Waals surface area contributed by atoms with Crippen molar-refractivity contribution in [3.63, 3.8) is 0 Å². The van der Waals surface area contributed by atoms with Gasteiger partial charge in [-0.25, -0.2) is 0 Å². The van der Waals surface area contributed by atoms with Crippen LogP contribution in [0.2, 0.25) is 0 Å². The lowest BCUT2D eigenvalue weighted by molar-refractivity contribution is -0.0318. The Kier molecular flexibility index (Phi) is 5.67. The second-order valence-corrected chi connectivity index (χ2v) is 6.06. The van der Waals surface area contributed by atoms with Crippen molar-refractivity contribution in [2.45, 2.75) is 12.5 Å². The van der Waals surface area contributed by atoms with Crippen molar-refractivity contribution in [2.75, 3.05) is 59.1 Å². The van der Waals surface area contributed by atoms with Gasteiger partial charge in [0, 0.05) is 26.2 Å². The third-order valence-electron chi connectivity index (χ3n) is 4.44. The van der Waals surface area contributed by atoms with Crippen molar-refractivity contribution in [3.05, 3.63) is 29.8 Å². The van der Waals surface area contributed by atoms with Crippen LogP contribution < -0.4 is 0 Å². The van der Waals surface area contributed by atoms with E-state index in [1.54, 1.807) is 6.07 Å². The van der Waals surface area contributed by atoms with Crippen molar-refractivity contribution in [3.8, 4) is 5.75 Å². The first-order valence-electron chi connectivity index (χ1n) is 8.24. The summed E-state index contributed by atoms with van der Waals surface area (Å²) in [5, 5.41) is 9.61. The summed E-state index contributed by atoms with van der Waals surface area (Å²) in [6.07, 6.45) is 1.26. The van der Waals surface area contributed by atoms with Gasteiger partial charge >= 0.3 is 0 Å². The molecule has 0 saturated carbocycles. The van der Waals surface area contributed by atoms with Gasteiger partial charge in [0.25, 0.3) is 0 Å². The molecule has 1 N–H and O–H groups in total. The molecule has 1 aromatic carbocycles. The average Bonchev–Trinajstić information content (AvgIpc) is 2.56. The number of phenolic OH excluding ortho intramolecular Hbond substituents is 1. The van der Waals surface area contributed by atoms with Crippen LogP contribution in [0.15, 0.2) is 24.3 Å². The molecule has 2 saturated heterocycles. The van der Waals surface area contributed by atoms with Gasteiger partial charge in [0.05, 0.1) is 25.9 Å². The third kappa shape index (κ3) is 4.43. The standard InChI is InChI=1S/C17H26N2O3/c20-16-4-1-3-15(13-16)17-14-19(9-12-22-17)6-2-5-18-7-10-21-11-8-18/h1,3-4,13,17,20H,2,5-12,14H2. The highest BCUT2D eigenvalue weighted by molar-refractivity contribution is 5.29. The molecule has 0 aromatic heterocycles. The molecular formula is C17H26N2O3. The summed E-state index contributed by atoms with van der Waals surface area (Å²) in [4.78, 5) is 4.95. The zero-order valence-electron chi connectivity index (χ0n) is 13.1. The zero-order chi connectivity index (χ0) is 15.2. The molecule has 1 aromatic rings. The van der Waals surface area contributed by atoms with Gasteiger partial charge in [0.2, 0.25) is 0 Å². The maximum Gasteiger partial charge on any atom is 0.115 e. The Labute approximate surface area is 132 Å². The van der Waals surface area contributed by atoms with E-state index in [0.717, 1.165) is 64.7 Å². The summed E-state index contributed by atoms with van der Waals surface area (Å²) in [6, 6.07) is 7.42. The molecular weight excluding hydrogens is 280 g/mol. The van der Waals surface area contributed by atoms with Crippen LogP contribution in [0, 0.1) is 0 Å². The molecule has 3 rings (SSSR count). The van der Waals surface area contributed by atoms with Crippen LogP contribution in [0.25, 0.3) is 0 Å². The molecule has 1 unspecified atom stereocenters. The van der Waals surface area contributed by atoms with Crippen LogP contribution in [0.4, 0.5) is 0 Å². The predicted molar refractivity (Wildman–Crippen MR) is 85.1 cm³/mol. The van der Waals surface area contributed by atoms with Gasteiger partial charge in [-0.3, -0.25) is 9.80 Å². The van der Waals surface area contributed by atoms with Crippen molar-refractivity contribution < 1.29 is 14.6 Å². The third-order valence-corrected chi connectivity index (χ3v) is 4.44. The van der Waals surface area contributed by atoms with Crippen LogP contribution >= 0.6 is 0 Å². The molecule has 2 heterocycles. The highest BCUT2D eigenvalue weighted by Crippen LogP contribution is 2.24.